The molecule has 0 fully saturated rings. The maximum Gasteiger partial charge on any atom is 0.232 e. The zero-order chi connectivity index (χ0) is 13.5. The number of rotatable bonds is 6. The van der Waals surface area contributed by atoms with E-state index in [9.17, 15) is 4.79 Å². The van der Waals surface area contributed by atoms with Gasteiger partial charge in [0.1, 0.15) is 0 Å². The van der Waals surface area contributed by atoms with E-state index in [1.807, 2.05) is 6.92 Å². The Bertz CT molecular complexity index is 403. The molecule has 0 aliphatic rings. The number of amides is 1. The van der Waals surface area contributed by atoms with E-state index in [1.165, 1.54) is 16.7 Å². The number of hydrogen-bond donors (Lipinski definition) is 1. The average molecular weight is 265 g/mol. The summed E-state index contributed by atoms with van der Waals surface area (Å²) in [5.74, 6) is 1.04. The molecule has 0 heterocycles. The second-order valence-corrected chi connectivity index (χ2v) is 6.00. The van der Waals surface area contributed by atoms with Crippen LogP contribution in [0.5, 0.6) is 0 Å². The topological polar surface area (TPSA) is 29.1 Å². The minimum absolute atomic E-state index is 0.0106. The number of carbonyl (C=O) groups is 1. The van der Waals surface area contributed by atoms with Crippen LogP contribution in [0.4, 0.5) is 0 Å². The van der Waals surface area contributed by atoms with E-state index in [2.05, 4.69) is 44.3 Å². The number of hydrogen-bond acceptors (Lipinski definition) is 2. The summed E-state index contributed by atoms with van der Waals surface area (Å²) in [6.45, 7) is 9.03. The molecule has 1 rings (SSSR count). The summed E-state index contributed by atoms with van der Waals surface area (Å²) in [5.41, 5.74) is 3.91. The predicted molar refractivity (Wildman–Crippen MR) is 80.0 cm³/mol. The van der Waals surface area contributed by atoms with E-state index in [0.717, 1.165) is 18.7 Å². The molecule has 0 aromatic heterocycles. The zero-order valence-corrected chi connectivity index (χ0v) is 12.6. The normalized spacial score (nSPS) is 12.2. The van der Waals surface area contributed by atoms with Gasteiger partial charge in [0.05, 0.1) is 5.25 Å². The van der Waals surface area contributed by atoms with Gasteiger partial charge >= 0.3 is 0 Å². The number of aryl methyl sites for hydroxylation is 2. The van der Waals surface area contributed by atoms with Gasteiger partial charge in [-0.05, 0) is 38.3 Å². The van der Waals surface area contributed by atoms with Gasteiger partial charge in [-0.1, -0.05) is 30.7 Å². The molecule has 1 unspecified atom stereocenters. The zero-order valence-electron chi connectivity index (χ0n) is 11.7. The van der Waals surface area contributed by atoms with Gasteiger partial charge in [-0.2, -0.15) is 0 Å². The van der Waals surface area contributed by atoms with Gasteiger partial charge in [-0.25, -0.2) is 0 Å². The fourth-order valence-corrected chi connectivity index (χ4v) is 2.61. The minimum Gasteiger partial charge on any atom is -0.355 e. The van der Waals surface area contributed by atoms with E-state index in [1.54, 1.807) is 11.8 Å². The molecule has 0 aliphatic carbocycles. The summed E-state index contributed by atoms with van der Waals surface area (Å²) in [6, 6.07) is 6.48. The minimum atomic E-state index is 0.0106. The highest BCUT2D eigenvalue weighted by atomic mass is 32.2. The average Bonchev–Trinajstić information content (AvgIpc) is 2.36. The molecule has 100 valence electrons. The van der Waals surface area contributed by atoms with Crippen molar-refractivity contribution in [2.45, 2.75) is 45.1 Å². The van der Waals surface area contributed by atoms with Gasteiger partial charge in [0.25, 0.3) is 0 Å². The highest BCUT2D eigenvalue weighted by Crippen LogP contribution is 2.21. The van der Waals surface area contributed by atoms with Crippen molar-refractivity contribution in [1.29, 1.82) is 0 Å². The van der Waals surface area contributed by atoms with Crippen molar-refractivity contribution in [3.63, 3.8) is 0 Å². The summed E-state index contributed by atoms with van der Waals surface area (Å²) >= 11 is 1.70. The predicted octanol–water partition coefficient (Wildman–Crippen LogP) is 3.45. The van der Waals surface area contributed by atoms with Crippen LogP contribution in [-0.2, 0) is 10.5 Å². The molecule has 0 bridgehead atoms. The number of nitrogens with one attached hydrogen (secondary N) is 1. The van der Waals surface area contributed by atoms with Gasteiger partial charge in [-0.3, -0.25) is 4.79 Å². The molecule has 0 saturated heterocycles. The van der Waals surface area contributed by atoms with Gasteiger partial charge in [-0.15, -0.1) is 11.8 Å². The van der Waals surface area contributed by atoms with E-state index >= 15 is 0 Å². The van der Waals surface area contributed by atoms with Crippen molar-refractivity contribution >= 4 is 17.7 Å². The summed E-state index contributed by atoms with van der Waals surface area (Å²) in [7, 11) is 0. The van der Waals surface area contributed by atoms with Crippen molar-refractivity contribution in [2.75, 3.05) is 6.54 Å². The van der Waals surface area contributed by atoms with E-state index in [-0.39, 0.29) is 11.2 Å². The van der Waals surface area contributed by atoms with Crippen LogP contribution >= 0.6 is 11.8 Å². The van der Waals surface area contributed by atoms with Crippen molar-refractivity contribution < 1.29 is 4.79 Å². The second kappa shape index (κ2) is 7.47. The van der Waals surface area contributed by atoms with Crippen molar-refractivity contribution in [2.24, 2.45) is 0 Å². The molecular weight excluding hydrogens is 242 g/mol. The Kier molecular flexibility index (Phi) is 6.27. The van der Waals surface area contributed by atoms with Crippen LogP contribution in [0.3, 0.4) is 0 Å². The summed E-state index contributed by atoms with van der Waals surface area (Å²) in [5, 5.41) is 2.95. The number of carbonyl (C=O) groups excluding carboxylic acids is 1. The largest absolute Gasteiger partial charge is 0.355 e. The maximum atomic E-state index is 11.7. The highest BCUT2D eigenvalue weighted by Gasteiger charge is 2.12. The van der Waals surface area contributed by atoms with Crippen molar-refractivity contribution in [3.05, 3.63) is 34.9 Å². The molecule has 18 heavy (non-hydrogen) atoms. The van der Waals surface area contributed by atoms with Gasteiger partial charge in [0.15, 0.2) is 0 Å². The fraction of sp³-hybridized carbons (Fsp3) is 0.533. The Balaban J connectivity index is 2.49. The third-order valence-electron chi connectivity index (χ3n) is 2.91. The van der Waals surface area contributed by atoms with Crippen molar-refractivity contribution in [3.8, 4) is 0 Å². The molecular formula is C15H23NOS. The molecule has 1 amide bonds. The fourth-order valence-electron chi connectivity index (χ4n) is 1.64. The second-order valence-electron chi connectivity index (χ2n) is 4.67. The molecule has 3 heteroatoms. The summed E-state index contributed by atoms with van der Waals surface area (Å²) in [6.07, 6.45) is 0.986. The molecule has 1 aromatic rings. The van der Waals surface area contributed by atoms with Crippen LogP contribution in [-0.4, -0.2) is 17.7 Å². The third-order valence-corrected chi connectivity index (χ3v) is 4.10. The summed E-state index contributed by atoms with van der Waals surface area (Å²) < 4.78 is 0. The molecule has 2 nitrogen and oxygen atoms in total. The smallest absolute Gasteiger partial charge is 0.232 e. The monoisotopic (exact) mass is 265 g/mol. The molecule has 0 saturated carbocycles. The van der Waals surface area contributed by atoms with E-state index in [0.29, 0.717) is 0 Å². The highest BCUT2D eigenvalue weighted by molar-refractivity contribution is 7.99. The van der Waals surface area contributed by atoms with Crippen LogP contribution in [0.25, 0.3) is 0 Å². The van der Waals surface area contributed by atoms with Gasteiger partial charge in [0.2, 0.25) is 5.91 Å². The van der Waals surface area contributed by atoms with Gasteiger partial charge < -0.3 is 5.32 Å². The lowest BCUT2D eigenvalue weighted by Gasteiger charge is -2.13. The quantitative estimate of drug-likeness (QED) is 0.853. The number of thioether (sulfide) groups is 1. The lowest BCUT2D eigenvalue weighted by atomic mass is 10.1. The Morgan fingerprint density at radius 2 is 2.11 bits per heavy atom. The Morgan fingerprint density at radius 1 is 1.39 bits per heavy atom. The first-order valence-electron chi connectivity index (χ1n) is 6.50. The molecule has 1 aromatic carbocycles. The molecule has 1 atom stereocenters. The lowest BCUT2D eigenvalue weighted by molar-refractivity contribution is -0.120. The van der Waals surface area contributed by atoms with E-state index < -0.39 is 0 Å². The molecule has 0 aliphatic heterocycles. The number of benzene rings is 1. The van der Waals surface area contributed by atoms with Gasteiger partial charge in [0, 0.05) is 12.3 Å². The van der Waals surface area contributed by atoms with Crippen LogP contribution in [0, 0.1) is 13.8 Å². The van der Waals surface area contributed by atoms with Crippen LogP contribution in [0.2, 0.25) is 0 Å². The molecule has 0 spiro atoms. The molecule has 1 N–H and O–H groups in total. The first-order valence-corrected chi connectivity index (χ1v) is 7.55. The first-order chi connectivity index (χ1) is 8.54. The van der Waals surface area contributed by atoms with Crippen molar-refractivity contribution in [1.82, 2.24) is 5.32 Å². The van der Waals surface area contributed by atoms with Crippen LogP contribution in [0.1, 0.15) is 37.0 Å². The SMILES string of the molecule is CCCNC(=O)C(C)SCc1cc(C)ccc1C. The maximum absolute atomic E-state index is 11.7. The lowest BCUT2D eigenvalue weighted by Crippen LogP contribution is -2.31. The molecule has 0 radical (unpaired) electrons. The Labute approximate surface area is 115 Å². The van der Waals surface area contributed by atoms with E-state index in [4.69, 9.17) is 0 Å². The third kappa shape index (κ3) is 4.73. The van der Waals surface area contributed by atoms with Crippen LogP contribution in [0.15, 0.2) is 18.2 Å². The Hall–Kier alpha value is -0.960. The van der Waals surface area contributed by atoms with Crippen LogP contribution < -0.4 is 5.32 Å². The first kappa shape index (κ1) is 15.1. The summed E-state index contributed by atoms with van der Waals surface area (Å²) in [4.78, 5) is 11.7. The standard InChI is InChI=1S/C15H23NOS/c1-5-8-16-15(17)13(4)18-10-14-9-11(2)6-7-12(14)3/h6-7,9,13H,5,8,10H2,1-4H3,(H,16,17). The Morgan fingerprint density at radius 3 is 2.78 bits per heavy atom.